The number of nitrogens with two attached hydrogens (primary N) is 1. The summed E-state index contributed by atoms with van der Waals surface area (Å²) in [5, 5.41) is 10.9. The summed E-state index contributed by atoms with van der Waals surface area (Å²) >= 11 is 1.39. The van der Waals surface area contributed by atoms with Crippen molar-refractivity contribution in [3.63, 3.8) is 0 Å². The van der Waals surface area contributed by atoms with E-state index in [0.29, 0.717) is 10.8 Å². The standard InChI is InChI=1S/C9H9NO2S/c1-12-9-8(11)6-3-2-5(10)4-7(6)13-9/h2-4,11H,10H2,1H3. The molecule has 4 heteroatoms. The van der Waals surface area contributed by atoms with Gasteiger partial charge in [-0.2, -0.15) is 0 Å². The minimum atomic E-state index is 0.197. The first-order valence-corrected chi connectivity index (χ1v) is 4.59. The number of anilines is 1. The van der Waals surface area contributed by atoms with Crippen LogP contribution in [0.5, 0.6) is 10.8 Å². The Morgan fingerprint density at radius 1 is 1.46 bits per heavy atom. The SMILES string of the molecule is COc1sc2cc(N)ccc2c1O. The van der Waals surface area contributed by atoms with Gasteiger partial charge in [0.1, 0.15) is 0 Å². The third-order valence-electron chi connectivity index (χ3n) is 1.84. The lowest BCUT2D eigenvalue weighted by Gasteiger charge is -1.93. The lowest BCUT2D eigenvalue weighted by Crippen LogP contribution is -1.80. The Balaban J connectivity index is 2.76. The Morgan fingerprint density at radius 2 is 2.23 bits per heavy atom. The van der Waals surface area contributed by atoms with Crippen LogP contribution in [0.25, 0.3) is 10.1 Å². The molecule has 0 aliphatic rings. The van der Waals surface area contributed by atoms with E-state index >= 15 is 0 Å². The van der Waals surface area contributed by atoms with Gasteiger partial charge in [-0.3, -0.25) is 0 Å². The number of fused-ring (bicyclic) bond motifs is 1. The summed E-state index contributed by atoms with van der Waals surface area (Å²) in [7, 11) is 1.54. The van der Waals surface area contributed by atoms with Crippen molar-refractivity contribution in [2.75, 3.05) is 12.8 Å². The van der Waals surface area contributed by atoms with Crippen molar-refractivity contribution in [3.8, 4) is 10.8 Å². The number of hydrogen-bond donors (Lipinski definition) is 2. The molecule has 0 unspecified atom stereocenters. The van der Waals surface area contributed by atoms with E-state index in [1.54, 1.807) is 12.1 Å². The molecule has 0 aliphatic carbocycles. The monoisotopic (exact) mass is 195 g/mol. The highest BCUT2D eigenvalue weighted by atomic mass is 32.1. The summed E-state index contributed by atoms with van der Waals surface area (Å²) in [5.41, 5.74) is 6.30. The first-order chi connectivity index (χ1) is 6.22. The van der Waals surface area contributed by atoms with Crippen LogP contribution in [-0.4, -0.2) is 12.2 Å². The lowest BCUT2D eigenvalue weighted by atomic mass is 10.2. The molecule has 68 valence electrons. The molecule has 1 aromatic carbocycles. The molecule has 0 spiro atoms. The number of hydrogen-bond acceptors (Lipinski definition) is 4. The minimum absolute atomic E-state index is 0.197. The Morgan fingerprint density at radius 3 is 2.92 bits per heavy atom. The molecule has 1 aromatic heterocycles. The smallest absolute Gasteiger partial charge is 0.217 e. The summed E-state index contributed by atoms with van der Waals surface area (Å²) < 4.78 is 5.94. The fourth-order valence-corrected chi connectivity index (χ4v) is 2.17. The zero-order valence-corrected chi connectivity index (χ0v) is 7.89. The van der Waals surface area contributed by atoms with Crippen LogP contribution in [0.4, 0.5) is 5.69 Å². The van der Waals surface area contributed by atoms with Gasteiger partial charge in [0.2, 0.25) is 5.06 Å². The number of aromatic hydroxyl groups is 1. The number of rotatable bonds is 1. The summed E-state index contributed by atoms with van der Waals surface area (Å²) in [4.78, 5) is 0. The van der Waals surface area contributed by atoms with Crippen LogP contribution in [0.1, 0.15) is 0 Å². The summed E-state index contributed by atoms with van der Waals surface area (Å²) in [6, 6.07) is 5.37. The molecule has 2 aromatic rings. The Hall–Kier alpha value is -1.42. The van der Waals surface area contributed by atoms with Crippen molar-refractivity contribution in [2.24, 2.45) is 0 Å². The lowest BCUT2D eigenvalue weighted by molar-refractivity contribution is 0.388. The number of methoxy groups -OCH3 is 1. The predicted octanol–water partition coefficient (Wildman–Crippen LogP) is 2.20. The highest BCUT2D eigenvalue weighted by Gasteiger charge is 2.10. The maximum atomic E-state index is 9.62. The van der Waals surface area contributed by atoms with E-state index in [-0.39, 0.29) is 5.75 Å². The summed E-state index contributed by atoms with van der Waals surface area (Å²) in [5.74, 6) is 0.197. The first kappa shape index (κ1) is 8.19. The molecule has 1 heterocycles. The molecule has 0 bridgehead atoms. The third-order valence-corrected chi connectivity index (χ3v) is 2.95. The van der Waals surface area contributed by atoms with Crippen LogP contribution >= 0.6 is 11.3 Å². The minimum Gasteiger partial charge on any atom is -0.503 e. The largest absolute Gasteiger partial charge is 0.503 e. The van der Waals surface area contributed by atoms with Crippen molar-refractivity contribution in [1.29, 1.82) is 0 Å². The molecule has 0 saturated carbocycles. The Kier molecular flexibility index (Phi) is 1.77. The molecule has 0 amide bonds. The highest BCUT2D eigenvalue weighted by molar-refractivity contribution is 7.21. The van der Waals surface area contributed by atoms with E-state index in [1.165, 1.54) is 18.4 Å². The second-order valence-electron chi connectivity index (χ2n) is 2.70. The predicted molar refractivity (Wildman–Crippen MR) is 54.5 cm³/mol. The van der Waals surface area contributed by atoms with Gasteiger partial charge in [-0.1, -0.05) is 11.3 Å². The van der Waals surface area contributed by atoms with Gasteiger partial charge >= 0.3 is 0 Å². The fraction of sp³-hybridized carbons (Fsp3) is 0.111. The zero-order valence-electron chi connectivity index (χ0n) is 7.07. The van der Waals surface area contributed by atoms with Gasteiger partial charge in [-0.15, -0.1) is 0 Å². The second-order valence-corrected chi connectivity index (χ2v) is 3.71. The van der Waals surface area contributed by atoms with E-state index in [2.05, 4.69) is 0 Å². The van der Waals surface area contributed by atoms with Gasteiger partial charge in [-0.05, 0) is 18.2 Å². The number of ether oxygens (including phenoxy) is 1. The van der Waals surface area contributed by atoms with E-state index in [1.807, 2.05) is 6.07 Å². The third kappa shape index (κ3) is 1.19. The first-order valence-electron chi connectivity index (χ1n) is 3.77. The zero-order chi connectivity index (χ0) is 9.42. The van der Waals surface area contributed by atoms with Gasteiger partial charge in [0.25, 0.3) is 0 Å². The maximum Gasteiger partial charge on any atom is 0.217 e. The van der Waals surface area contributed by atoms with Gasteiger partial charge in [0.15, 0.2) is 5.75 Å². The molecule has 13 heavy (non-hydrogen) atoms. The molecular weight excluding hydrogens is 186 g/mol. The van der Waals surface area contributed by atoms with Gasteiger partial charge in [-0.25, -0.2) is 0 Å². The van der Waals surface area contributed by atoms with Crippen molar-refractivity contribution in [3.05, 3.63) is 18.2 Å². The number of benzene rings is 1. The van der Waals surface area contributed by atoms with Crippen molar-refractivity contribution < 1.29 is 9.84 Å². The van der Waals surface area contributed by atoms with Crippen LogP contribution in [0, 0.1) is 0 Å². The number of nitrogen functional groups attached to an aromatic ring is 1. The average molecular weight is 195 g/mol. The van der Waals surface area contributed by atoms with Crippen LogP contribution in [0.3, 0.4) is 0 Å². The quantitative estimate of drug-likeness (QED) is 0.686. The van der Waals surface area contributed by atoms with Crippen LogP contribution in [0.15, 0.2) is 18.2 Å². The van der Waals surface area contributed by atoms with Gasteiger partial charge in [0.05, 0.1) is 7.11 Å². The van der Waals surface area contributed by atoms with Crippen molar-refractivity contribution in [1.82, 2.24) is 0 Å². The van der Waals surface area contributed by atoms with Crippen LogP contribution < -0.4 is 10.5 Å². The van der Waals surface area contributed by atoms with Crippen LogP contribution in [0.2, 0.25) is 0 Å². The van der Waals surface area contributed by atoms with Gasteiger partial charge in [0, 0.05) is 15.8 Å². The van der Waals surface area contributed by atoms with Gasteiger partial charge < -0.3 is 15.6 Å². The molecule has 0 atom stereocenters. The molecule has 3 nitrogen and oxygen atoms in total. The Labute approximate surface area is 79.4 Å². The normalized spacial score (nSPS) is 10.5. The highest BCUT2D eigenvalue weighted by Crippen LogP contribution is 2.43. The maximum absolute atomic E-state index is 9.62. The molecule has 0 saturated heterocycles. The molecule has 0 aliphatic heterocycles. The summed E-state index contributed by atoms with van der Waals surface area (Å²) in [6.45, 7) is 0. The number of thiophene rings is 1. The van der Waals surface area contributed by atoms with Crippen molar-refractivity contribution >= 4 is 27.1 Å². The van der Waals surface area contributed by atoms with Crippen LogP contribution in [-0.2, 0) is 0 Å². The molecular formula is C9H9NO2S. The topological polar surface area (TPSA) is 55.5 Å². The van der Waals surface area contributed by atoms with E-state index in [9.17, 15) is 5.11 Å². The molecule has 2 rings (SSSR count). The second kappa shape index (κ2) is 2.81. The Bertz CT molecular complexity index is 450. The molecule has 3 N–H and O–H groups in total. The molecule has 0 fully saturated rings. The average Bonchev–Trinajstić information content (AvgIpc) is 2.42. The van der Waals surface area contributed by atoms with Crippen molar-refractivity contribution in [2.45, 2.75) is 0 Å². The fourth-order valence-electron chi connectivity index (χ4n) is 1.22. The summed E-state index contributed by atoms with van der Waals surface area (Å²) in [6.07, 6.45) is 0. The van der Waals surface area contributed by atoms with E-state index < -0.39 is 0 Å². The van der Waals surface area contributed by atoms with E-state index in [4.69, 9.17) is 10.5 Å². The molecule has 0 radical (unpaired) electrons. The van der Waals surface area contributed by atoms with E-state index in [0.717, 1.165) is 10.1 Å².